The minimum Gasteiger partial charge on any atom is -0.467 e. The van der Waals surface area contributed by atoms with Crippen LogP contribution < -0.4 is 10.6 Å². The van der Waals surface area contributed by atoms with Crippen molar-refractivity contribution in [2.45, 2.75) is 71.0 Å². The van der Waals surface area contributed by atoms with Crippen molar-refractivity contribution >= 4 is 44.6 Å². The number of nitrogens with one attached hydrogen (secondary N) is 2. The van der Waals surface area contributed by atoms with Crippen LogP contribution in [0.4, 0.5) is 18.9 Å². The molecule has 8 nitrogen and oxygen atoms in total. The molecule has 0 saturated heterocycles. The van der Waals surface area contributed by atoms with E-state index in [-0.39, 0.29) is 34.4 Å². The van der Waals surface area contributed by atoms with Crippen LogP contribution in [-0.4, -0.2) is 55.4 Å². The van der Waals surface area contributed by atoms with Gasteiger partial charge >= 0.3 is 12.1 Å². The molecule has 1 saturated carbocycles. The predicted molar refractivity (Wildman–Crippen MR) is 158 cm³/mol. The van der Waals surface area contributed by atoms with E-state index in [4.69, 9.17) is 17.0 Å². The van der Waals surface area contributed by atoms with Crippen LogP contribution in [0.15, 0.2) is 30.3 Å². The first-order valence-corrected chi connectivity index (χ1v) is 16.0. The van der Waals surface area contributed by atoms with Crippen LogP contribution in [0.2, 0.25) is 0 Å². The maximum Gasteiger partial charge on any atom is 0.433 e. The number of sulfone groups is 1. The molecule has 1 fully saturated rings. The number of rotatable bonds is 12. The normalized spacial score (nSPS) is 15.3. The van der Waals surface area contributed by atoms with Gasteiger partial charge in [0.1, 0.15) is 21.6 Å². The summed E-state index contributed by atoms with van der Waals surface area (Å²) in [7, 11) is -1.73. The fourth-order valence-corrected chi connectivity index (χ4v) is 6.32. The second-order valence-electron chi connectivity index (χ2n) is 10.9. The summed E-state index contributed by atoms with van der Waals surface area (Å²) in [6.45, 7) is 2.78. The molecule has 2 N–H and O–H groups in total. The molecule has 1 amide bonds. The van der Waals surface area contributed by atoms with Crippen molar-refractivity contribution in [3.8, 4) is 0 Å². The molecule has 1 aliphatic rings. The third kappa shape index (κ3) is 8.73. The number of methoxy groups -OCH3 is 1. The van der Waals surface area contributed by atoms with E-state index >= 15 is 0 Å². The number of aryl methyl sites for hydroxylation is 2. The van der Waals surface area contributed by atoms with Crippen LogP contribution in [0.5, 0.6) is 0 Å². The molecule has 1 aromatic carbocycles. The second kappa shape index (κ2) is 13.5. The maximum atomic E-state index is 13.1. The molecule has 1 aliphatic carbocycles. The van der Waals surface area contributed by atoms with Gasteiger partial charge in [0.2, 0.25) is 0 Å². The summed E-state index contributed by atoms with van der Waals surface area (Å²) in [6, 6.07) is 6.82. The van der Waals surface area contributed by atoms with Gasteiger partial charge in [-0.3, -0.25) is 4.79 Å². The van der Waals surface area contributed by atoms with Gasteiger partial charge in [-0.15, -0.1) is 0 Å². The number of carbonyl (C=O) groups is 2. The number of carbonyl (C=O) groups excluding carboxylic acids is 2. The molecule has 0 radical (unpaired) electrons. The Morgan fingerprint density at radius 2 is 1.79 bits per heavy atom. The predicted octanol–water partition coefficient (Wildman–Crippen LogP) is 5.36. The van der Waals surface area contributed by atoms with Crippen LogP contribution in [0.25, 0.3) is 0 Å². The zero-order chi connectivity index (χ0) is 31.3. The first kappa shape index (κ1) is 33.4. The number of nitrogens with zero attached hydrogens (tertiary/aromatic N) is 1. The van der Waals surface area contributed by atoms with Gasteiger partial charge < -0.3 is 15.4 Å². The van der Waals surface area contributed by atoms with Gasteiger partial charge in [0.05, 0.1) is 23.4 Å². The maximum absolute atomic E-state index is 13.1. The lowest BCUT2D eigenvalue weighted by atomic mass is 9.65. The van der Waals surface area contributed by atoms with Crippen molar-refractivity contribution in [1.82, 2.24) is 10.3 Å². The number of anilines is 1. The van der Waals surface area contributed by atoms with E-state index in [1.165, 1.54) is 27.2 Å². The molecule has 2 aromatic rings. The number of hydrogen-bond acceptors (Lipinski definition) is 7. The summed E-state index contributed by atoms with van der Waals surface area (Å²) < 4.78 is 67.1. The molecule has 0 spiro atoms. The molecule has 0 aliphatic heterocycles. The Morgan fingerprint density at radius 1 is 1.14 bits per heavy atom. The highest BCUT2D eigenvalue weighted by molar-refractivity contribution is 7.90. The Morgan fingerprint density at radius 3 is 2.29 bits per heavy atom. The molecule has 0 bridgehead atoms. The lowest BCUT2D eigenvalue weighted by Gasteiger charge is -2.43. The van der Waals surface area contributed by atoms with Gasteiger partial charge in [0, 0.05) is 29.5 Å². The number of amides is 1. The Hall–Kier alpha value is -3.06. The molecule has 3 rings (SSSR count). The van der Waals surface area contributed by atoms with E-state index < -0.39 is 39.6 Å². The Labute approximate surface area is 249 Å². The zero-order valence-electron chi connectivity index (χ0n) is 24.1. The van der Waals surface area contributed by atoms with E-state index in [1.54, 1.807) is 24.3 Å². The summed E-state index contributed by atoms with van der Waals surface area (Å²) in [4.78, 5) is 29.6. The van der Waals surface area contributed by atoms with Crippen molar-refractivity contribution in [3.05, 3.63) is 58.4 Å². The first-order valence-electron chi connectivity index (χ1n) is 13.6. The van der Waals surface area contributed by atoms with Gasteiger partial charge in [-0.2, -0.15) is 13.2 Å². The monoisotopic (exact) mass is 627 g/mol. The third-order valence-electron chi connectivity index (χ3n) is 7.57. The number of thiocarbonyl (C=S) groups is 1. The number of benzene rings is 1. The van der Waals surface area contributed by atoms with E-state index in [0.717, 1.165) is 37.3 Å². The molecule has 42 heavy (non-hydrogen) atoms. The molecule has 1 atom stereocenters. The standard InChI is InChI=1S/C29H36F3N3O5S2/c1-18-16-23(29(30,31)32)33-19(2)24(18)25(36)34-21-10-8-20(9-11-21)17-22(26(37)40-3)35-27(41)28(13-7-14-28)12-5-6-15-42(4,38)39/h8-11,16,22H,5-7,12-15,17H2,1-4H3,(H,34,36)(H,35,41)/t22-/m0/s1. The molecule has 230 valence electrons. The second-order valence-corrected chi connectivity index (χ2v) is 13.6. The van der Waals surface area contributed by atoms with Gasteiger partial charge in [0.25, 0.3) is 5.91 Å². The Balaban J connectivity index is 1.65. The fourth-order valence-electron chi connectivity index (χ4n) is 5.14. The highest BCUT2D eigenvalue weighted by Gasteiger charge is 2.42. The van der Waals surface area contributed by atoms with E-state index in [0.29, 0.717) is 23.5 Å². The van der Waals surface area contributed by atoms with Crippen molar-refractivity contribution < 1.29 is 35.9 Å². The number of halogens is 3. The molecular weight excluding hydrogens is 591 g/mol. The zero-order valence-corrected chi connectivity index (χ0v) is 25.7. The molecule has 1 aromatic heterocycles. The van der Waals surface area contributed by atoms with Crippen LogP contribution in [-0.2, 0) is 32.0 Å². The average Bonchev–Trinajstić information content (AvgIpc) is 2.86. The topological polar surface area (TPSA) is 114 Å². The number of pyridine rings is 1. The average molecular weight is 628 g/mol. The van der Waals surface area contributed by atoms with Gasteiger partial charge in [-0.1, -0.05) is 37.2 Å². The molecule has 1 heterocycles. The number of alkyl halides is 3. The van der Waals surface area contributed by atoms with Crippen LogP contribution >= 0.6 is 12.2 Å². The van der Waals surface area contributed by atoms with Crippen LogP contribution in [0, 0.1) is 19.3 Å². The van der Waals surface area contributed by atoms with Crippen LogP contribution in [0.3, 0.4) is 0 Å². The number of esters is 1. The van der Waals surface area contributed by atoms with Crippen molar-refractivity contribution in [3.63, 3.8) is 0 Å². The van der Waals surface area contributed by atoms with Crippen molar-refractivity contribution in [2.24, 2.45) is 5.41 Å². The SMILES string of the molecule is COC(=O)[C@H](Cc1ccc(NC(=O)c2c(C)cc(C(F)(F)F)nc2C)cc1)NC(=S)C1(CCCCS(C)(=O)=O)CCC1. The van der Waals surface area contributed by atoms with E-state index in [2.05, 4.69) is 15.6 Å². The smallest absolute Gasteiger partial charge is 0.433 e. The fraction of sp³-hybridized carbons (Fsp3) is 0.517. The minimum absolute atomic E-state index is 0.0287. The summed E-state index contributed by atoms with van der Waals surface area (Å²) in [5.74, 6) is -0.937. The molecular formula is C29H36F3N3O5S2. The highest BCUT2D eigenvalue weighted by Crippen LogP contribution is 2.46. The van der Waals surface area contributed by atoms with Crippen LogP contribution in [0.1, 0.15) is 71.4 Å². The summed E-state index contributed by atoms with van der Waals surface area (Å²) in [5, 5.41) is 5.88. The molecule has 13 heteroatoms. The molecule has 0 unspecified atom stereocenters. The number of ether oxygens (including phenoxy) is 1. The number of aromatic nitrogens is 1. The Kier molecular flexibility index (Phi) is 10.7. The Bertz CT molecular complexity index is 1400. The number of unbranched alkanes of at least 4 members (excludes halogenated alkanes) is 1. The van der Waals surface area contributed by atoms with E-state index in [9.17, 15) is 31.2 Å². The lowest BCUT2D eigenvalue weighted by Crippen LogP contribution is -2.51. The largest absolute Gasteiger partial charge is 0.467 e. The summed E-state index contributed by atoms with van der Waals surface area (Å²) >= 11 is 5.73. The third-order valence-corrected chi connectivity index (χ3v) is 9.15. The van der Waals surface area contributed by atoms with Crippen molar-refractivity contribution in [2.75, 3.05) is 24.4 Å². The quantitative estimate of drug-likeness (QED) is 0.184. The number of hydrogen-bond donors (Lipinski definition) is 2. The minimum atomic E-state index is -4.61. The van der Waals surface area contributed by atoms with Gasteiger partial charge in [-0.05, 0) is 68.9 Å². The summed E-state index contributed by atoms with van der Waals surface area (Å²) in [5.41, 5.74) is 0.0572. The van der Waals surface area contributed by atoms with E-state index in [1.807, 2.05) is 0 Å². The first-order chi connectivity index (χ1) is 19.5. The lowest BCUT2D eigenvalue weighted by molar-refractivity contribution is -0.143. The van der Waals surface area contributed by atoms with Gasteiger partial charge in [-0.25, -0.2) is 18.2 Å². The van der Waals surface area contributed by atoms with Crippen molar-refractivity contribution in [1.29, 1.82) is 0 Å². The van der Waals surface area contributed by atoms with Gasteiger partial charge in [0.15, 0.2) is 0 Å². The summed E-state index contributed by atoms with van der Waals surface area (Å²) in [6.07, 6.45) is 1.62. The highest BCUT2D eigenvalue weighted by atomic mass is 32.2.